The summed E-state index contributed by atoms with van der Waals surface area (Å²) in [5.74, 6) is -0.252. The lowest BCUT2D eigenvalue weighted by molar-refractivity contribution is -0.0235. The maximum absolute atomic E-state index is 14.8. The van der Waals surface area contributed by atoms with Crippen molar-refractivity contribution in [1.82, 2.24) is 4.90 Å². The third-order valence-corrected chi connectivity index (χ3v) is 5.55. The molecule has 4 rings (SSSR count). The van der Waals surface area contributed by atoms with Crippen LogP contribution in [0.2, 0.25) is 0 Å². The number of morpholine rings is 1. The topological polar surface area (TPSA) is 55.6 Å². The summed E-state index contributed by atoms with van der Waals surface area (Å²) in [7, 11) is 0. The lowest BCUT2D eigenvalue weighted by Crippen LogP contribution is -2.46. The van der Waals surface area contributed by atoms with E-state index in [2.05, 4.69) is 0 Å². The summed E-state index contributed by atoms with van der Waals surface area (Å²) in [6.45, 7) is 3.91. The molecule has 6 heteroatoms. The molecule has 0 bridgehead atoms. The third-order valence-electron chi connectivity index (χ3n) is 5.55. The van der Waals surface area contributed by atoms with E-state index in [0.717, 1.165) is 22.8 Å². The minimum atomic E-state index is -0.227. The maximum atomic E-state index is 14.8. The van der Waals surface area contributed by atoms with Gasteiger partial charge in [-0.1, -0.05) is 48.5 Å². The van der Waals surface area contributed by atoms with Crippen LogP contribution in [0.1, 0.15) is 22.3 Å². The number of hydrogen-bond donors (Lipinski definition) is 1. The number of carbonyl (C=O) groups excluding carboxylic acids is 1. The van der Waals surface area contributed by atoms with Gasteiger partial charge in [0.1, 0.15) is 5.82 Å². The molecule has 30 heavy (non-hydrogen) atoms. The molecule has 3 aromatic rings. The highest BCUT2D eigenvalue weighted by Gasteiger charge is 2.26. The second kappa shape index (κ2) is 9.56. The molecular formula is C24H26ClFN2O2. The van der Waals surface area contributed by atoms with Crippen molar-refractivity contribution in [3.05, 3.63) is 71.5 Å². The summed E-state index contributed by atoms with van der Waals surface area (Å²) < 4.78 is 20.5. The highest BCUT2D eigenvalue weighted by Crippen LogP contribution is 2.33. The summed E-state index contributed by atoms with van der Waals surface area (Å²) >= 11 is 0. The number of nitrogens with two attached hydrogens (primary N) is 1. The second-order valence-corrected chi connectivity index (χ2v) is 7.46. The van der Waals surface area contributed by atoms with Crippen LogP contribution < -0.4 is 5.73 Å². The largest absolute Gasteiger partial charge is 0.374 e. The molecule has 158 valence electrons. The SMILES string of the molecule is Cc1cccc(-c2cccc3c(C(=O)N4CCOC(CCN)C4)cccc23)c1F.Cl. The second-order valence-electron chi connectivity index (χ2n) is 7.46. The predicted molar refractivity (Wildman–Crippen MR) is 121 cm³/mol. The van der Waals surface area contributed by atoms with Crippen LogP contribution in [0, 0.1) is 12.7 Å². The molecular weight excluding hydrogens is 403 g/mol. The zero-order chi connectivity index (χ0) is 20.4. The molecule has 3 aromatic carbocycles. The molecule has 0 aromatic heterocycles. The zero-order valence-electron chi connectivity index (χ0n) is 16.9. The number of rotatable bonds is 4. The molecule has 0 radical (unpaired) electrons. The van der Waals surface area contributed by atoms with Gasteiger partial charge < -0.3 is 15.4 Å². The zero-order valence-corrected chi connectivity index (χ0v) is 17.8. The number of hydrogen-bond acceptors (Lipinski definition) is 3. The summed E-state index contributed by atoms with van der Waals surface area (Å²) in [4.78, 5) is 15.1. The van der Waals surface area contributed by atoms with Crippen molar-refractivity contribution < 1.29 is 13.9 Å². The van der Waals surface area contributed by atoms with Crippen molar-refractivity contribution in [2.75, 3.05) is 26.2 Å². The Labute approximate surface area is 182 Å². The summed E-state index contributed by atoms with van der Waals surface area (Å²) in [6, 6.07) is 16.8. The van der Waals surface area contributed by atoms with Gasteiger partial charge in [-0.15, -0.1) is 12.4 Å². The quantitative estimate of drug-likeness (QED) is 0.662. The normalized spacial score (nSPS) is 16.4. The number of ether oxygens (including phenoxy) is 1. The molecule has 2 N–H and O–H groups in total. The van der Waals surface area contributed by atoms with Gasteiger partial charge in [-0.3, -0.25) is 4.79 Å². The Morgan fingerprint density at radius 1 is 1.10 bits per heavy atom. The number of aryl methyl sites for hydroxylation is 1. The predicted octanol–water partition coefficient (Wildman–Crippen LogP) is 4.57. The van der Waals surface area contributed by atoms with Crippen LogP contribution in [0.15, 0.2) is 54.6 Å². The fraction of sp³-hybridized carbons (Fsp3) is 0.292. The van der Waals surface area contributed by atoms with Gasteiger partial charge in [0, 0.05) is 24.2 Å². The van der Waals surface area contributed by atoms with Crippen molar-refractivity contribution in [2.24, 2.45) is 5.73 Å². The van der Waals surface area contributed by atoms with Crippen LogP contribution in [0.3, 0.4) is 0 Å². The monoisotopic (exact) mass is 428 g/mol. The lowest BCUT2D eigenvalue weighted by Gasteiger charge is -2.33. The summed E-state index contributed by atoms with van der Waals surface area (Å²) in [5, 5.41) is 1.70. The van der Waals surface area contributed by atoms with Crippen molar-refractivity contribution in [1.29, 1.82) is 0 Å². The van der Waals surface area contributed by atoms with Gasteiger partial charge in [0.15, 0.2) is 0 Å². The van der Waals surface area contributed by atoms with E-state index in [4.69, 9.17) is 10.5 Å². The van der Waals surface area contributed by atoms with Crippen LogP contribution in [0.25, 0.3) is 21.9 Å². The van der Waals surface area contributed by atoms with E-state index < -0.39 is 0 Å². The van der Waals surface area contributed by atoms with Crippen LogP contribution >= 0.6 is 12.4 Å². The fourth-order valence-electron chi connectivity index (χ4n) is 4.02. The first-order valence-corrected chi connectivity index (χ1v) is 9.98. The number of nitrogens with zero attached hydrogens (tertiary/aromatic N) is 1. The lowest BCUT2D eigenvalue weighted by atomic mass is 9.94. The van der Waals surface area contributed by atoms with Crippen LogP contribution in [0.5, 0.6) is 0 Å². The van der Waals surface area contributed by atoms with E-state index in [9.17, 15) is 9.18 Å². The van der Waals surface area contributed by atoms with Crippen molar-refractivity contribution in [2.45, 2.75) is 19.4 Å². The molecule has 0 aliphatic carbocycles. The van der Waals surface area contributed by atoms with Crippen molar-refractivity contribution in [3.63, 3.8) is 0 Å². The van der Waals surface area contributed by atoms with E-state index in [-0.39, 0.29) is 30.2 Å². The van der Waals surface area contributed by atoms with Crippen molar-refractivity contribution >= 4 is 29.1 Å². The van der Waals surface area contributed by atoms with Crippen LogP contribution in [0.4, 0.5) is 4.39 Å². The van der Waals surface area contributed by atoms with Gasteiger partial charge in [0.25, 0.3) is 5.91 Å². The Bertz CT molecular complexity index is 1050. The highest BCUT2D eigenvalue weighted by molar-refractivity contribution is 6.10. The van der Waals surface area contributed by atoms with Crippen molar-refractivity contribution in [3.8, 4) is 11.1 Å². The molecule has 1 fully saturated rings. The van der Waals surface area contributed by atoms with Gasteiger partial charge in [-0.25, -0.2) is 4.39 Å². The summed E-state index contributed by atoms with van der Waals surface area (Å²) in [5.41, 5.74) is 8.22. The molecule has 1 amide bonds. The van der Waals surface area contributed by atoms with E-state index >= 15 is 0 Å². The molecule has 1 atom stereocenters. The number of amides is 1. The molecule has 1 aliphatic rings. The van der Waals surface area contributed by atoms with E-state index in [0.29, 0.717) is 42.9 Å². The molecule has 1 heterocycles. The first-order chi connectivity index (χ1) is 14.1. The maximum Gasteiger partial charge on any atom is 0.254 e. The third kappa shape index (κ3) is 4.19. The molecule has 0 saturated carbocycles. The van der Waals surface area contributed by atoms with Gasteiger partial charge in [-0.05, 0) is 47.9 Å². The van der Waals surface area contributed by atoms with E-state index in [1.807, 2.05) is 47.4 Å². The minimum absolute atomic E-state index is 0. The summed E-state index contributed by atoms with van der Waals surface area (Å²) in [6.07, 6.45) is 0.709. The first-order valence-electron chi connectivity index (χ1n) is 9.98. The van der Waals surface area contributed by atoms with Gasteiger partial charge in [-0.2, -0.15) is 0 Å². The minimum Gasteiger partial charge on any atom is -0.374 e. The number of carbonyl (C=O) groups is 1. The molecule has 1 saturated heterocycles. The van der Waals surface area contributed by atoms with Gasteiger partial charge in [0.05, 0.1) is 12.7 Å². The Morgan fingerprint density at radius 2 is 1.80 bits per heavy atom. The first kappa shape index (κ1) is 22.2. The average molecular weight is 429 g/mol. The van der Waals surface area contributed by atoms with Crippen LogP contribution in [-0.2, 0) is 4.74 Å². The van der Waals surface area contributed by atoms with Gasteiger partial charge in [0.2, 0.25) is 0 Å². The molecule has 1 unspecified atom stereocenters. The standard InChI is InChI=1S/C24H25FN2O2.ClH/c1-16-5-2-9-21(23(16)25)19-7-3-8-20-18(19)6-4-10-22(20)24(28)27-13-14-29-17(15-27)11-12-26;/h2-10,17H,11-15,26H2,1H3;1H. The molecule has 0 spiro atoms. The van der Waals surface area contributed by atoms with E-state index in [1.54, 1.807) is 19.1 Å². The number of fused-ring (bicyclic) bond motifs is 1. The Hall–Kier alpha value is -2.47. The number of benzene rings is 3. The van der Waals surface area contributed by atoms with Crippen LogP contribution in [-0.4, -0.2) is 43.2 Å². The number of halogens is 2. The molecule has 1 aliphatic heterocycles. The fourth-order valence-corrected chi connectivity index (χ4v) is 4.02. The smallest absolute Gasteiger partial charge is 0.254 e. The Balaban J connectivity index is 0.00000256. The Morgan fingerprint density at radius 3 is 2.60 bits per heavy atom. The van der Waals surface area contributed by atoms with E-state index in [1.165, 1.54) is 0 Å². The molecule has 4 nitrogen and oxygen atoms in total. The van der Waals surface area contributed by atoms with Gasteiger partial charge >= 0.3 is 0 Å². The highest BCUT2D eigenvalue weighted by atomic mass is 35.5. The Kier molecular flexibility index (Phi) is 7.08. The average Bonchev–Trinajstić information content (AvgIpc) is 2.75.